The second-order valence-corrected chi connectivity index (χ2v) is 2.58. The molecule has 0 saturated carbocycles. The molecule has 7 heteroatoms. The third kappa shape index (κ3) is 1.45. The number of carboxylic acids is 3. The van der Waals surface area contributed by atoms with Crippen molar-refractivity contribution in [2.24, 2.45) is 0 Å². The summed E-state index contributed by atoms with van der Waals surface area (Å²) in [6.45, 7) is 0. The van der Waals surface area contributed by atoms with Gasteiger partial charge in [0.2, 0.25) is 0 Å². The Labute approximate surface area is 71.5 Å². The van der Waals surface area contributed by atoms with Crippen LogP contribution in [0.3, 0.4) is 0 Å². The minimum Gasteiger partial charge on any atom is -0.547 e. The highest BCUT2D eigenvalue weighted by molar-refractivity contribution is 5.94. The molecule has 0 aromatic heterocycles. The molecule has 1 aliphatic heterocycles. The van der Waals surface area contributed by atoms with E-state index in [1.807, 2.05) is 0 Å². The average molecular weight is 189 g/mol. The largest absolute Gasteiger partial charge is 0.547 e. The quantitative estimate of drug-likeness (QED) is 0.465. The van der Waals surface area contributed by atoms with E-state index >= 15 is 0 Å². The van der Waals surface area contributed by atoms with Crippen LogP contribution >= 0.6 is 0 Å². The predicted molar refractivity (Wildman–Crippen MR) is 32.5 cm³/mol. The standard InChI is InChI=1S/C6H6O7/c7-2(8)1-6(5(11)12)3(13-6)4(9)10/h3H,1H2,(H,7,8)(H,9,10)(H,11,12)/p-1. The second kappa shape index (κ2) is 2.70. The zero-order valence-electron chi connectivity index (χ0n) is 6.22. The minimum absolute atomic E-state index is 0.910. The van der Waals surface area contributed by atoms with Crippen LogP contribution in [0.25, 0.3) is 0 Å². The summed E-state index contributed by atoms with van der Waals surface area (Å²) in [6.07, 6.45) is -2.53. The van der Waals surface area contributed by atoms with Crippen LogP contribution < -0.4 is 5.11 Å². The number of ether oxygens (including phenoxy) is 1. The lowest BCUT2D eigenvalue weighted by Gasteiger charge is -2.09. The molecule has 0 spiro atoms. The van der Waals surface area contributed by atoms with Crippen LogP contribution in [0.4, 0.5) is 0 Å². The van der Waals surface area contributed by atoms with E-state index in [2.05, 4.69) is 4.74 Å². The van der Waals surface area contributed by atoms with Crippen molar-refractivity contribution >= 4 is 17.9 Å². The van der Waals surface area contributed by atoms with Crippen molar-refractivity contribution in [3.05, 3.63) is 0 Å². The van der Waals surface area contributed by atoms with E-state index in [9.17, 15) is 19.5 Å². The van der Waals surface area contributed by atoms with Crippen molar-refractivity contribution in [3.63, 3.8) is 0 Å². The zero-order chi connectivity index (χ0) is 10.2. The molecular formula is C6H5O7-. The van der Waals surface area contributed by atoms with Crippen molar-refractivity contribution in [1.82, 2.24) is 0 Å². The number of hydrogen-bond acceptors (Lipinski definition) is 5. The fourth-order valence-electron chi connectivity index (χ4n) is 1.01. The maximum absolute atomic E-state index is 10.4. The van der Waals surface area contributed by atoms with E-state index in [1.165, 1.54) is 0 Å². The van der Waals surface area contributed by atoms with Crippen LogP contribution in [0.15, 0.2) is 0 Å². The van der Waals surface area contributed by atoms with Gasteiger partial charge in [0.25, 0.3) is 0 Å². The normalized spacial score (nSPS) is 30.9. The highest BCUT2D eigenvalue weighted by Crippen LogP contribution is 2.39. The molecule has 1 saturated heterocycles. The van der Waals surface area contributed by atoms with Crippen molar-refractivity contribution in [1.29, 1.82) is 0 Å². The van der Waals surface area contributed by atoms with Gasteiger partial charge in [-0.25, -0.2) is 4.79 Å². The molecule has 1 fully saturated rings. The molecule has 7 nitrogen and oxygen atoms in total. The van der Waals surface area contributed by atoms with E-state index in [-0.39, 0.29) is 0 Å². The summed E-state index contributed by atoms with van der Waals surface area (Å²) < 4.78 is 4.30. The van der Waals surface area contributed by atoms with Crippen molar-refractivity contribution in [2.45, 2.75) is 18.1 Å². The summed E-state index contributed by atoms with van der Waals surface area (Å²) in [5.41, 5.74) is -2.18. The van der Waals surface area contributed by atoms with Gasteiger partial charge in [0.05, 0.1) is 12.4 Å². The van der Waals surface area contributed by atoms with E-state index < -0.39 is 36.0 Å². The Bertz CT molecular complexity index is 283. The van der Waals surface area contributed by atoms with Gasteiger partial charge < -0.3 is 24.9 Å². The third-order valence-corrected chi connectivity index (χ3v) is 1.68. The van der Waals surface area contributed by atoms with Gasteiger partial charge >= 0.3 is 11.9 Å². The Morgan fingerprint density at radius 3 is 2.15 bits per heavy atom. The van der Waals surface area contributed by atoms with Gasteiger partial charge in [0, 0.05) is 0 Å². The van der Waals surface area contributed by atoms with E-state index in [1.54, 1.807) is 0 Å². The van der Waals surface area contributed by atoms with Crippen molar-refractivity contribution < 1.29 is 34.4 Å². The Morgan fingerprint density at radius 2 is 1.92 bits per heavy atom. The fraction of sp³-hybridized carbons (Fsp3) is 0.500. The number of aliphatic carboxylic acids is 3. The number of carboxylic acid groups (broad SMARTS) is 3. The minimum atomic E-state index is -2.18. The topological polar surface area (TPSA) is 127 Å². The molecule has 13 heavy (non-hydrogen) atoms. The summed E-state index contributed by atoms with van der Waals surface area (Å²) in [5.74, 6) is -4.78. The van der Waals surface area contributed by atoms with Crippen LogP contribution in [0, 0.1) is 0 Å². The molecule has 2 N–H and O–H groups in total. The summed E-state index contributed by atoms with van der Waals surface area (Å²) >= 11 is 0. The summed E-state index contributed by atoms with van der Waals surface area (Å²) in [6, 6.07) is 0. The molecule has 0 amide bonds. The molecule has 72 valence electrons. The van der Waals surface area contributed by atoms with Crippen molar-refractivity contribution in [3.8, 4) is 0 Å². The van der Waals surface area contributed by atoms with Crippen LogP contribution in [0.5, 0.6) is 0 Å². The highest BCUT2D eigenvalue weighted by atomic mass is 16.7. The van der Waals surface area contributed by atoms with E-state index in [4.69, 9.17) is 10.2 Å². The summed E-state index contributed by atoms with van der Waals surface area (Å²) in [5, 5.41) is 27.0. The van der Waals surface area contributed by atoms with Gasteiger partial charge in [0.15, 0.2) is 11.7 Å². The Balaban J connectivity index is 2.77. The summed E-state index contributed by atoms with van der Waals surface area (Å²) in [7, 11) is 0. The molecule has 0 aromatic carbocycles. The van der Waals surface area contributed by atoms with Gasteiger partial charge in [-0.2, -0.15) is 0 Å². The Kier molecular flexibility index (Phi) is 1.96. The molecule has 2 unspecified atom stereocenters. The van der Waals surface area contributed by atoms with Gasteiger partial charge in [-0.1, -0.05) is 0 Å². The Morgan fingerprint density at radius 1 is 1.38 bits per heavy atom. The monoisotopic (exact) mass is 189 g/mol. The zero-order valence-corrected chi connectivity index (χ0v) is 6.22. The van der Waals surface area contributed by atoms with E-state index in [0.717, 1.165) is 0 Å². The van der Waals surface area contributed by atoms with Crippen LogP contribution in [-0.4, -0.2) is 39.8 Å². The average Bonchev–Trinajstić information content (AvgIpc) is 2.62. The number of carbonyl (C=O) groups is 3. The molecule has 1 rings (SSSR count). The van der Waals surface area contributed by atoms with Gasteiger partial charge in [-0.05, 0) is 0 Å². The maximum atomic E-state index is 10.4. The second-order valence-electron chi connectivity index (χ2n) is 2.58. The first-order chi connectivity index (χ1) is 5.90. The molecule has 1 aliphatic rings. The van der Waals surface area contributed by atoms with Crippen molar-refractivity contribution in [2.75, 3.05) is 0 Å². The first-order valence-corrected chi connectivity index (χ1v) is 3.24. The molecule has 0 radical (unpaired) electrons. The predicted octanol–water partition coefficient (Wildman–Crippen LogP) is -2.57. The lowest BCUT2D eigenvalue weighted by molar-refractivity contribution is -0.312. The van der Waals surface area contributed by atoms with E-state index in [0.29, 0.717) is 0 Å². The SMILES string of the molecule is O=C(O)CC1(C(=O)[O-])OC1C(=O)O. The number of rotatable bonds is 4. The molecule has 0 aliphatic carbocycles. The van der Waals surface area contributed by atoms with Crippen LogP contribution in [0.1, 0.15) is 6.42 Å². The first-order valence-electron chi connectivity index (χ1n) is 3.24. The highest BCUT2D eigenvalue weighted by Gasteiger charge is 2.63. The molecule has 2 atom stereocenters. The number of epoxide rings is 1. The van der Waals surface area contributed by atoms with Crippen LogP contribution in [0.2, 0.25) is 0 Å². The fourth-order valence-corrected chi connectivity index (χ4v) is 1.01. The van der Waals surface area contributed by atoms with Gasteiger partial charge in [-0.15, -0.1) is 0 Å². The summed E-state index contributed by atoms with van der Waals surface area (Å²) in [4.78, 5) is 30.8. The number of carbonyl (C=O) groups excluding carboxylic acids is 1. The molecule has 0 bridgehead atoms. The maximum Gasteiger partial charge on any atom is 0.336 e. The lowest BCUT2D eigenvalue weighted by Crippen LogP contribution is -2.43. The lowest BCUT2D eigenvalue weighted by atomic mass is 10.0. The third-order valence-electron chi connectivity index (χ3n) is 1.68. The smallest absolute Gasteiger partial charge is 0.336 e. The first kappa shape index (κ1) is 9.46. The van der Waals surface area contributed by atoms with Gasteiger partial charge in [0.1, 0.15) is 0 Å². The van der Waals surface area contributed by atoms with Crippen LogP contribution in [-0.2, 0) is 19.1 Å². The molecule has 0 aromatic rings. The van der Waals surface area contributed by atoms with Gasteiger partial charge in [-0.3, -0.25) is 4.79 Å². The Hall–Kier alpha value is -1.63. The number of hydrogen-bond donors (Lipinski definition) is 2. The molecule has 1 heterocycles. The molecular weight excluding hydrogens is 184 g/mol.